The number of imidazole rings is 1. The number of hydrogen-bond donors (Lipinski definition) is 0. The predicted molar refractivity (Wildman–Crippen MR) is 76.5 cm³/mol. The first-order chi connectivity index (χ1) is 10.2. The van der Waals surface area contributed by atoms with Gasteiger partial charge < -0.3 is 9.14 Å². The van der Waals surface area contributed by atoms with E-state index in [0.29, 0.717) is 12.3 Å². The highest BCUT2D eigenvalue weighted by Crippen LogP contribution is 2.21. The Morgan fingerprint density at radius 2 is 2.10 bits per heavy atom. The third kappa shape index (κ3) is 2.63. The monoisotopic (exact) mass is 284 g/mol. The third-order valence-corrected chi connectivity index (χ3v) is 3.09. The van der Waals surface area contributed by atoms with Crippen molar-refractivity contribution < 1.29 is 13.9 Å². The second-order valence-electron chi connectivity index (χ2n) is 4.54. The Labute approximate surface area is 120 Å². The number of carbonyl (C=O) groups is 1. The van der Waals surface area contributed by atoms with Crippen LogP contribution in [0.4, 0.5) is 4.39 Å². The van der Waals surface area contributed by atoms with Crippen LogP contribution in [0.25, 0.3) is 16.8 Å². The van der Waals surface area contributed by atoms with E-state index in [0.717, 1.165) is 11.1 Å². The number of halogens is 1. The Kier molecular flexibility index (Phi) is 3.39. The van der Waals surface area contributed by atoms with E-state index in [4.69, 9.17) is 4.74 Å². The molecule has 0 aliphatic carbocycles. The Bertz CT molecular complexity index is 811. The van der Waals surface area contributed by atoms with Gasteiger partial charge in [-0.1, -0.05) is 12.1 Å². The maximum absolute atomic E-state index is 13.3. The van der Waals surface area contributed by atoms with Gasteiger partial charge in [-0.15, -0.1) is 0 Å². The average molecular weight is 284 g/mol. The standard InChI is InChI=1S/C16H13FN2O2/c1-2-21-16(20)14-10-19-9-12(6-7-15(19)18-14)11-4-3-5-13(17)8-11/h3-10H,2H2,1H3. The van der Waals surface area contributed by atoms with Gasteiger partial charge in [-0.25, -0.2) is 14.2 Å². The maximum Gasteiger partial charge on any atom is 0.358 e. The highest BCUT2D eigenvalue weighted by molar-refractivity contribution is 5.88. The van der Waals surface area contributed by atoms with Crippen molar-refractivity contribution in [3.63, 3.8) is 0 Å². The molecule has 0 aliphatic heterocycles. The van der Waals surface area contributed by atoms with Crippen LogP contribution in [-0.4, -0.2) is 22.0 Å². The van der Waals surface area contributed by atoms with Gasteiger partial charge in [0.1, 0.15) is 11.5 Å². The minimum Gasteiger partial charge on any atom is -0.461 e. The molecule has 106 valence electrons. The number of hydrogen-bond acceptors (Lipinski definition) is 3. The van der Waals surface area contributed by atoms with E-state index in [9.17, 15) is 9.18 Å². The molecule has 0 saturated carbocycles. The highest BCUT2D eigenvalue weighted by atomic mass is 19.1. The Balaban J connectivity index is 2.02. The van der Waals surface area contributed by atoms with Crippen LogP contribution in [0, 0.1) is 5.82 Å². The SMILES string of the molecule is CCOC(=O)c1cn2cc(-c3cccc(F)c3)ccc2n1. The van der Waals surface area contributed by atoms with Crippen molar-refractivity contribution in [2.24, 2.45) is 0 Å². The summed E-state index contributed by atoms with van der Waals surface area (Å²) in [7, 11) is 0. The lowest BCUT2D eigenvalue weighted by Gasteiger charge is -2.02. The molecule has 3 aromatic rings. The van der Waals surface area contributed by atoms with Gasteiger partial charge in [0, 0.05) is 12.4 Å². The summed E-state index contributed by atoms with van der Waals surface area (Å²) in [6.07, 6.45) is 3.41. The number of fused-ring (bicyclic) bond motifs is 1. The maximum atomic E-state index is 13.3. The van der Waals surface area contributed by atoms with Crippen LogP contribution in [0.2, 0.25) is 0 Å². The molecule has 2 aromatic heterocycles. The fourth-order valence-corrected chi connectivity index (χ4v) is 2.13. The average Bonchev–Trinajstić information content (AvgIpc) is 2.90. The molecule has 3 rings (SSSR count). The third-order valence-electron chi connectivity index (χ3n) is 3.09. The first-order valence-electron chi connectivity index (χ1n) is 6.59. The van der Waals surface area contributed by atoms with E-state index in [1.165, 1.54) is 12.1 Å². The van der Waals surface area contributed by atoms with Crippen LogP contribution >= 0.6 is 0 Å². The van der Waals surface area contributed by atoms with Crippen molar-refractivity contribution in [1.29, 1.82) is 0 Å². The van der Waals surface area contributed by atoms with Crippen molar-refractivity contribution in [2.75, 3.05) is 6.61 Å². The lowest BCUT2D eigenvalue weighted by atomic mass is 10.1. The second-order valence-corrected chi connectivity index (χ2v) is 4.54. The largest absolute Gasteiger partial charge is 0.461 e. The fraction of sp³-hybridized carbons (Fsp3) is 0.125. The molecule has 1 aromatic carbocycles. The summed E-state index contributed by atoms with van der Waals surface area (Å²) in [5.41, 5.74) is 2.50. The number of nitrogens with zero attached hydrogens (tertiary/aromatic N) is 2. The number of carbonyl (C=O) groups excluding carboxylic acids is 1. The minimum atomic E-state index is -0.450. The number of rotatable bonds is 3. The van der Waals surface area contributed by atoms with E-state index >= 15 is 0 Å². The van der Waals surface area contributed by atoms with E-state index in [1.807, 2.05) is 12.1 Å². The number of esters is 1. The van der Waals surface area contributed by atoms with Crippen LogP contribution < -0.4 is 0 Å². The molecule has 0 fully saturated rings. The smallest absolute Gasteiger partial charge is 0.358 e. The fourth-order valence-electron chi connectivity index (χ4n) is 2.13. The van der Waals surface area contributed by atoms with E-state index < -0.39 is 5.97 Å². The molecule has 0 saturated heterocycles. The van der Waals surface area contributed by atoms with Crippen molar-refractivity contribution in [3.05, 3.63) is 60.3 Å². The molecule has 0 amide bonds. The van der Waals surface area contributed by atoms with Gasteiger partial charge in [0.25, 0.3) is 0 Å². The van der Waals surface area contributed by atoms with E-state index in [1.54, 1.807) is 35.9 Å². The van der Waals surface area contributed by atoms with Gasteiger partial charge in [-0.2, -0.15) is 0 Å². The predicted octanol–water partition coefficient (Wildman–Crippen LogP) is 3.32. The summed E-state index contributed by atoms with van der Waals surface area (Å²) in [6, 6.07) is 9.97. The molecule has 0 bridgehead atoms. The molecule has 0 unspecified atom stereocenters. The van der Waals surface area contributed by atoms with Gasteiger partial charge in [0.2, 0.25) is 0 Å². The van der Waals surface area contributed by atoms with Crippen LogP contribution in [0.1, 0.15) is 17.4 Å². The van der Waals surface area contributed by atoms with Gasteiger partial charge in [0.15, 0.2) is 5.69 Å². The van der Waals surface area contributed by atoms with Gasteiger partial charge in [-0.3, -0.25) is 0 Å². The number of benzene rings is 1. The summed E-state index contributed by atoms with van der Waals surface area (Å²) in [5, 5.41) is 0. The van der Waals surface area contributed by atoms with Crippen LogP contribution in [-0.2, 0) is 4.74 Å². The van der Waals surface area contributed by atoms with Gasteiger partial charge >= 0.3 is 5.97 Å². The quantitative estimate of drug-likeness (QED) is 0.693. The zero-order valence-corrected chi connectivity index (χ0v) is 11.4. The summed E-state index contributed by atoms with van der Waals surface area (Å²) < 4.78 is 19.9. The van der Waals surface area contributed by atoms with Crippen molar-refractivity contribution in [1.82, 2.24) is 9.38 Å². The van der Waals surface area contributed by atoms with E-state index in [2.05, 4.69) is 4.98 Å². The molecule has 4 nitrogen and oxygen atoms in total. The number of aromatic nitrogens is 2. The summed E-state index contributed by atoms with van der Waals surface area (Å²) in [6.45, 7) is 2.05. The summed E-state index contributed by atoms with van der Waals surface area (Å²) in [4.78, 5) is 15.9. The van der Waals surface area contributed by atoms with Crippen LogP contribution in [0.5, 0.6) is 0 Å². The lowest BCUT2D eigenvalue weighted by Crippen LogP contribution is -2.04. The molecule has 0 atom stereocenters. The van der Waals surface area contributed by atoms with Crippen molar-refractivity contribution in [2.45, 2.75) is 6.92 Å². The zero-order valence-electron chi connectivity index (χ0n) is 11.4. The van der Waals surface area contributed by atoms with Crippen molar-refractivity contribution in [3.8, 4) is 11.1 Å². The second kappa shape index (κ2) is 5.36. The number of ether oxygens (including phenoxy) is 1. The molecule has 0 spiro atoms. The molecular formula is C16H13FN2O2. The molecule has 0 aliphatic rings. The van der Waals surface area contributed by atoms with Gasteiger partial charge in [0.05, 0.1) is 6.61 Å². The lowest BCUT2D eigenvalue weighted by molar-refractivity contribution is 0.0520. The number of pyridine rings is 1. The van der Waals surface area contributed by atoms with Crippen LogP contribution in [0.3, 0.4) is 0 Å². The zero-order chi connectivity index (χ0) is 14.8. The van der Waals surface area contributed by atoms with Crippen molar-refractivity contribution >= 4 is 11.6 Å². The molecule has 0 radical (unpaired) electrons. The topological polar surface area (TPSA) is 43.6 Å². The Morgan fingerprint density at radius 1 is 1.24 bits per heavy atom. The highest BCUT2D eigenvalue weighted by Gasteiger charge is 2.12. The first kappa shape index (κ1) is 13.3. The molecule has 5 heteroatoms. The van der Waals surface area contributed by atoms with E-state index in [-0.39, 0.29) is 11.5 Å². The Morgan fingerprint density at radius 3 is 2.86 bits per heavy atom. The molecule has 21 heavy (non-hydrogen) atoms. The molecular weight excluding hydrogens is 271 g/mol. The molecule has 2 heterocycles. The minimum absolute atomic E-state index is 0.258. The summed E-state index contributed by atoms with van der Waals surface area (Å²) >= 11 is 0. The first-order valence-corrected chi connectivity index (χ1v) is 6.59. The van der Waals surface area contributed by atoms with Gasteiger partial charge in [-0.05, 0) is 42.3 Å². The Hall–Kier alpha value is -2.69. The summed E-state index contributed by atoms with van der Waals surface area (Å²) in [5.74, 6) is -0.737. The molecule has 0 N–H and O–H groups in total. The normalized spacial score (nSPS) is 10.8. The van der Waals surface area contributed by atoms with Crippen LogP contribution in [0.15, 0.2) is 48.8 Å².